The molecule has 0 radical (unpaired) electrons. The number of benzene rings is 1. The van der Waals surface area contributed by atoms with Gasteiger partial charge in [-0.25, -0.2) is 14.8 Å². The fourth-order valence-corrected chi connectivity index (χ4v) is 2.22. The van der Waals surface area contributed by atoms with E-state index in [2.05, 4.69) is 15.3 Å². The fraction of sp³-hybridized carbons (Fsp3) is 0.188. The fourth-order valence-electron chi connectivity index (χ4n) is 2.03. The molecule has 2 rings (SSSR count). The topological polar surface area (TPSA) is 123 Å². The van der Waals surface area contributed by atoms with E-state index in [0.29, 0.717) is 17.0 Å². The molecule has 0 aliphatic heterocycles. The Bertz CT molecular complexity index is 870. The molecule has 0 amide bonds. The monoisotopic (exact) mass is 341 g/mol. The summed E-state index contributed by atoms with van der Waals surface area (Å²) >= 11 is 5.98. The summed E-state index contributed by atoms with van der Waals surface area (Å²) in [5, 5.41) is 30.7. The predicted molar refractivity (Wildman–Crippen MR) is 87.2 cm³/mol. The molecular formula is C16H12ClN5O2. The van der Waals surface area contributed by atoms with Crippen LogP contribution >= 0.6 is 11.6 Å². The van der Waals surface area contributed by atoms with Gasteiger partial charge >= 0.3 is 5.97 Å². The number of halogens is 1. The Labute approximate surface area is 143 Å². The molecular weight excluding hydrogens is 330 g/mol. The van der Waals surface area contributed by atoms with Crippen molar-refractivity contribution in [2.24, 2.45) is 0 Å². The average molecular weight is 342 g/mol. The Balaban J connectivity index is 2.65. The summed E-state index contributed by atoms with van der Waals surface area (Å²) in [4.78, 5) is 19.5. The minimum absolute atomic E-state index is 0.113. The molecule has 2 N–H and O–H groups in total. The van der Waals surface area contributed by atoms with Crippen LogP contribution in [0, 0.1) is 22.7 Å². The van der Waals surface area contributed by atoms with Gasteiger partial charge in [0, 0.05) is 10.6 Å². The van der Waals surface area contributed by atoms with Crippen LogP contribution in [0.2, 0.25) is 5.02 Å². The Hall–Kier alpha value is -3.16. The molecule has 0 bridgehead atoms. The highest BCUT2D eigenvalue weighted by Gasteiger charge is 2.21. The van der Waals surface area contributed by atoms with E-state index in [1.54, 1.807) is 37.3 Å². The molecule has 0 fully saturated rings. The number of carbonyl (C=O) groups is 1. The molecule has 7 nitrogen and oxygen atoms in total. The third kappa shape index (κ3) is 3.60. The van der Waals surface area contributed by atoms with Crippen LogP contribution in [-0.2, 0) is 4.79 Å². The first-order valence-corrected chi connectivity index (χ1v) is 7.35. The normalized spacial score (nSPS) is 11.2. The van der Waals surface area contributed by atoms with E-state index >= 15 is 0 Å². The first-order valence-electron chi connectivity index (χ1n) is 6.97. The van der Waals surface area contributed by atoms with Crippen molar-refractivity contribution in [1.29, 1.82) is 10.5 Å². The number of rotatable bonds is 5. The average Bonchev–Trinajstić information content (AvgIpc) is 2.58. The summed E-state index contributed by atoms with van der Waals surface area (Å²) < 4.78 is 0. The zero-order valence-electron chi connectivity index (χ0n) is 12.6. The van der Waals surface area contributed by atoms with Crippen molar-refractivity contribution in [2.75, 3.05) is 5.32 Å². The lowest BCUT2D eigenvalue weighted by Gasteiger charge is -2.16. The second kappa shape index (κ2) is 7.40. The van der Waals surface area contributed by atoms with E-state index in [0.717, 1.165) is 0 Å². The third-order valence-corrected chi connectivity index (χ3v) is 3.46. The van der Waals surface area contributed by atoms with Gasteiger partial charge in [0.25, 0.3) is 0 Å². The Morgan fingerprint density at radius 1 is 1.33 bits per heavy atom. The molecule has 8 heteroatoms. The number of nitrogens with one attached hydrogen (secondary N) is 1. The van der Waals surface area contributed by atoms with Crippen molar-refractivity contribution < 1.29 is 9.90 Å². The Kier molecular flexibility index (Phi) is 5.31. The maximum absolute atomic E-state index is 11.3. The van der Waals surface area contributed by atoms with E-state index < -0.39 is 12.0 Å². The first-order chi connectivity index (χ1) is 11.5. The van der Waals surface area contributed by atoms with Gasteiger partial charge in [-0.05, 0) is 18.6 Å². The summed E-state index contributed by atoms with van der Waals surface area (Å²) in [7, 11) is 0. The molecule has 24 heavy (non-hydrogen) atoms. The number of carboxylic acids is 1. The molecule has 120 valence electrons. The van der Waals surface area contributed by atoms with Crippen molar-refractivity contribution >= 4 is 23.4 Å². The van der Waals surface area contributed by atoms with E-state index in [4.69, 9.17) is 22.1 Å². The van der Waals surface area contributed by atoms with Crippen LogP contribution in [0.15, 0.2) is 24.3 Å². The van der Waals surface area contributed by atoms with Crippen LogP contribution < -0.4 is 5.32 Å². The lowest BCUT2D eigenvalue weighted by Crippen LogP contribution is -2.29. The highest BCUT2D eigenvalue weighted by atomic mass is 35.5. The lowest BCUT2D eigenvalue weighted by molar-refractivity contribution is -0.137. The van der Waals surface area contributed by atoms with E-state index in [9.17, 15) is 9.90 Å². The molecule has 0 spiro atoms. The van der Waals surface area contributed by atoms with Gasteiger partial charge in [-0.1, -0.05) is 30.7 Å². The SMILES string of the molecule is CCC(Nc1nc(C#N)c(C#N)nc1-c1cccc(Cl)c1)C(=O)O. The van der Waals surface area contributed by atoms with Gasteiger partial charge in [-0.2, -0.15) is 10.5 Å². The van der Waals surface area contributed by atoms with Gasteiger partial charge in [-0.15, -0.1) is 0 Å². The quantitative estimate of drug-likeness (QED) is 0.856. The predicted octanol–water partition coefficient (Wildman–Crippen LogP) is 2.82. The van der Waals surface area contributed by atoms with E-state index in [1.807, 2.05) is 6.07 Å². The number of nitrogens with zero attached hydrogens (tertiary/aromatic N) is 4. The van der Waals surface area contributed by atoms with Crippen LogP contribution in [0.3, 0.4) is 0 Å². The Morgan fingerprint density at radius 2 is 2.00 bits per heavy atom. The molecule has 1 aromatic carbocycles. The number of nitriles is 2. The largest absolute Gasteiger partial charge is 0.480 e. The summed E-state index contributed by atoms with van der Waals surface area (Å²) in [6, 6.07) is 9.39. The van der Waals surface area contributed by atoms with Crippen molar-refractivity contribution in [3.05, 3.63) is 40.7 Å². The number of hydrogen-bond acceptors (Lipinski definition) is 6. The van der Waals surface area contributed by atoms with Gasteiger partial charge in [0.2, 0.25) is 0 Å². The lowest BCUT2D eigenvalue weighted by atomic mass is 10.1. The van der Waals surface area contributed by atoms with Gasteiger partial charge in [0.05, 0.1) is 0 Å². The summed E-state index contributed by atoms with van der Waals surface area (Å²) in [6.45, 7) is 1.70. The zero-order chi connectivity index (χ0) is 17.7. The highest BCUT2D eigenvalue weighted by molar-refractivity contribution is 6.30. The van der Waals surface area contributed by atoms with Crippen LogP contribution in [0.5, 0.6) is 0 Å². The molecule has 1 atom stereocenters. The van der Waals surface area contributed by atoms with Crippen LogP contribution in [0.4, 0.5) is 5.82 Å². The number of aliphatic carboxylic acids is 1. The van der Waals surface area contributed by atoms with Gasteiger partial charge in [0.1, 0.15) is 23.9 Å². The first kappa shape index (κ1) is 17.2. The minimum Gasteiger partial charge on any atom is -0.480 e. The zero-order valence-corrected chi connectivity index (χ0v) is 13.4. The van der Waals surface area contributed by atoms with Crippen LogP contribution in [0.25, 0.3) is 11.3 Å². The molecule has 1 heterocycles. The molecule has 0 aliphatic rings. The van der Waals surface area contributed by atoms with Gasteiger partial charge in [-0.3, -0.25) is 0 Å². The van der Waals surface area contributed by atoms with Crippen molar-refractivity contribution in [3.8, 4) is 23.4 Å². The number of anilines is 1. The van der Waals surface area contributed by atoms with E-state index in [1.165, 1.54) is 0 Å². The third-order valence-electron chi connectivity index (χ3n) is 3.22. The smallest absolute Gasteiger partial charge is 0.326 e. The second-order valence-corrected chi connectivity index (χ2v) is 5.23. The standard InChI is InChI=1S/C16H12ClN5O2/c1-2-11(16(23)24)21-15-14(9-4-3-5-10(17)6-9)20-12(7-18)13(8-19)22-15/h3-6,11H,2H2,1H3,(H,21,22)(H,23,24). The number of aromatic nitrogens is 2. The van der Waals surface area contributed by atoms with Crippen LogP contribution in [-0.4, -0.2) is 27.1 Å². The maximum atomic E-state index is 11.3. The summed E-state index contributed by atoms with van der Waals surface area (Å²) in [5.41, 5.74) is 0.499. The second-order valence-electron chi connectivity index (χ2n) is 4.80. The molecule has 0 saturated heterocycles. The van der Waals surface area contributed by atoms with Crippen molar-refractivity contribution in [1.82, 2.24) is 9.97 Å². The van der Waals surface area contributed by atoms with E-state index in [-0.39, 0.29) is 22.9 Å². The summed E-state index contributed by atoms with van der Waals surface area (Å²) in [6.07, 6.45) is 0.299. The van der Waals surface area contributed by atoms with Crippen LogP contribution in [0.1, 0.15) is 24.7 Å². The molecule has 2 aromatic rings. The Morgan fingerprint density at radius 3 is 2.54 bits per heavy atom. The van der Waals surface area contributed by atoms with Gasteiger partial charge < -0.3 is 10.4 Å². The number of carboxylic acid groups (broad SMARTS) is 1. The summed E-state index contributed by atoms with van der Waals surface area (Å²) in [5.74, 6) is -0.943. The number of hydrogen-bond donors (Lipinski definition) is 2. The molecule has 1 aromatic heterocycles. The van der Waals surface area contributed by atoms with Crippen molar-refractivity contribution in [2.45, 2.75) is 19.4 Å². The molecule has 0 saturated carbocycles. The van der Waals surface area contributed by atoms with Gasteiger partial charge in [0.15, 0.2) is 17.2 Å². The maximum Gasteiger partial charge on any atom is 0.326 e. The molecule has 1 unspecified atom stereocenters. The highest BCUT2D eigenvalue weighted by Crippen LogP contribution is 2.28. The minimum atomic E-state index is -1.06. The van der Waals surface area contributed by atoms with Crippen molar-refractivity contribution in [3.63, 3.8) is 0 Å². The molecule has 0 aliphatic carbocycles.